The zero-order chi connectivity index (χ0) is 27.7. The highest BCUT2D eigenvalue weighted by Gasteiger charge is 2.46. The van der Waals surface area contributed by atoms with Gasteiger partial charge >= 0.3 is 12.4 Å². The van der Waals surface area contributed by atoms with Crippen molar-refractivity contribution in [3.63, 3.8) is 0 Å². The molecule has 2 aromatic heterocycles. The van der Waals surface area contributed by atoms with Crippen LogP contribution in [-0.4, -0.2) is 10.2 Å². The van der Waals surface area contributed by atoms with Gasteiger partial charge in [0, 0.05) is 21.7 Å². The van der Waals surface area contributed by atoms with E-state index in [0.717, 1.165) is 10.8 Å². The second-order valence-electron chi connectivity index (χ2n) is 9.40. The van der Waals surface area contributed by atoms with Crippen LogP contribution in [0.5, 0.6) is 0 Å². The van der Waals surface area contributed by atoms with E-state index in [4.69, 9.17) is 4.42 Å². The van der Waals surface area contributed by atoms with E-state index in [1.807, 2.05) is 24.3 Å². The predicted molar refractivity (Wildman–Crippen MR) is 137 cm³/mol. The van der Waals surface area contributed by atoms with E-state index in [1.165, 1.54) is 13.8 Å². The number of aryl methyl sites for hydroxylation is 1. The van der Waals surface area contributed by atoms with Crippen molar-refractivity contribution in [2.45, 2.75) is 26.2 Å². The molecule has 0 amide bonds. The van der Waals surface area contributed by atoms with Gasteiger partial charge in [-0.15, -0.1) is 10.2 Å². The summed E-state index contributed by atoms with van der Waals surface area (Å²) in [4.78, 5) is 0. The minimum absolute atomic E-state index is 0.0376. The molecule has 9 heteroatoms. The van der Waals surface area contributed by atoms with E-state index in [1.54, 1.807) is 42.5 Å². The number of furan rings is 1. The van der Waals surface area contributed by atoms with Crippen molar-refractivity contribution in [2.24, 2.45) is 0 Å². The standard InChI is InChI=1S/C30H18F6N2O/c1-15-11-22(29(31,32)33)26(30(34,35)36)25(16(15)2)28-21-13-18-8-4-3-7-17(18)12-20(21)27(37-38-28)24-14-19-9-5-6-10-23(19)39-24/h3-14H,1-2H3. The molecule has 0 atom stereocenters. The summed E-state index contributed by atoms with van der Waals surface area (Å²) in [5.41, 5.74) is -3.52. The van der Waals surface area contributed by atoms with Gasteiger partial charge in [0.15, 0.2) is 5.76 Å². The number of para-hydroxylation sites is 1. The highest BCUT2D eigenvalue weighted by Crippen LogP contribution is 2.48. The molecule has 0 unspecified atom stereocenters. The molecule has 0 bridgehead atoms. The molecule has 6 aromatic rings. The third-order valence-corrected chi connectivity index (χ3v) is 6.98. The van der Waals surface area contributed by atoms with Gasteiger partial charge in [0.2, 0.25) is 0 Å². The average molecular weight is 536 g/mol. The lowest BCUT2D eigenvalue weighted by Crippen LogP contribution is -2.20. The Morgan fingerprint density at radius 3 is 1.79 bits per heavy atom. The van der Waals surface area contributed by atoms with Crippen LogP contribution in [0, 0.1) is 13.8 Å². The average Bonchev–Trinajstić information content (AvgIpc) is 3.31. The summed E-state index contributed by atoms with van der Waals surface area (Å²) >= 11 is 0. The zero-order valence-corrected chi connectivity index (χ0v) is 20.5. The number of benzene rings is 4. The molecule has 0 radical (unpaired) electrons. The number of hydrogen-bond acceptors (Lipinski definition) is 3. The van der Waals surface area contributed by atoms with Crippen LogP contribution in [0.1, 0.15) is 22.3 Å². The van der Waals surface area contributed by atoms with Crippen molar-refractivity contribution in [3.8, 4) is 22.7 Å². The topological polar surface area (TPSA) is 38.9 Å². The summed E-state index contributed by atoms with van der Waals surface area (Å²) in [6, 6.07) is 20.1. The van der Waals surface area contributed by atoms with Gasteiger partial charge in [-0.2, -0.15) is 26.3 Å². The number of halogens is 6. The Bertz CT molecular complexity index is 1880. The van der Waals surface area contributed by atoms with Crippen molar-refractivity contribution in [2.75, 3.05) is 0 Å². The van der Waals surface area contributed by atoms with E-state index in [-0.39, 0.29) is 27.9 Å². The summed E-state index contributed by atoms with van der Waals surface area (Å²) < 4.78 is 91.0. The molecule has 39 heavy (non-hydrogen) atoms. The Morgan fingerprint density at radius 1 is 0.641 bits per heavy atom. The van der Waals surface area contributed by atoms with Gasteiger partial charge in [-0.3, -0.25) is 0 Å². The first-order valence-electron chi connectivity index (χ1n) is 11.9. The summed E-state index contributed by atoms with van der Waals surface area (Å²) in [6.07, 6.45) is -10.5. The van der Waals surface area contributed by atoms with Gasteiger partial charge in [0.1, 0.15) is 17.0 Å². The Kier molecular flexibility index (Phi) is 5.47. The Labute approximate surface area is 217 Å². The van der Waals surface area contributed by atoms with E-state index in [0.29, 0.717) is 28.2 Å². The maximum Gasteiger partial charge on any atom is 0.417 e. The Hall–Kier alpha value is -4.40. The van der Waals surface area contributed by atoms with Gasteiger partial charge < -0.3 is 4.42 Å². The molecule has 0 saturated heterocycles. The number of rotatable bonds is 2. The number of hydrogen-bond donors (Lipinski definition) is 0. The third-order valence-electron chi connectivity index (χ3n) is 6.98. The van der Waals surface area contributed by atoms with E-state index < -0.39 is 29.0 Å². The molecule has 3 nitrogen and oxygen atoms in total. The van der Waals surface area contributed by atoms with Gasteiger partial charge in [-0.1, -0.05) is 42.5 Å². The highest BCUT2D eigenvalue weighted by molar-refractivity contribution is 6.09. The number of aromatic nitrogens is 2. The van der Waals surface area contributed by atoms with E-state index in [9.17, 15) is 26.3 Å². The maximum atomic E-state index is 14.4. The van der Waals surface area contributed by atoms with Crippen molar-refractivity contribution in [1.29, 1.82) is 0 Å². The first kappa shape index (κ1) is 24.9. The van der Waals surface area contributed by atoms with Gasteiger partial charge in [0.05, 0.1) is 11.1 Å². The molecule has 0 spiro atoms. The number of nitrogens with zero attached hydrogens (tertiary/aromatic N) is 2. The van der Waals surface area contributed by atoms with Gasteiger partial charge in [-0.05, 0) is 66.1 Å². The highest BCUT2D eigenvalue weighted by atomic mass is 19.4. The summed E-state index contributed by atoms with van der Waals surface area (Å²) in [7, 11) is 0. The van der Waals surface area contributed by atoms with Crippen LogP contribution in [0.15, 0.2) is 77.2 Å². The molecule has 4 aromatic carbocycles. The zero-order valence-electron chi connectivity index (χ0n) is 20.5. The van der Waals surface area contributed by atoms with Crippen LogP contribution >= 0.6 is 0 Å². The first-order chi connectivity index (χ1) is 18.4. The van der Waals surface area contributed by atoms with Crippen LogP contribution in [0.25, 0.3) is 55.2 Å². The Morgan fingerprint density at radius 2 is 1.21 bits per heavy atom. The van der Waals surface area contributed by atoms with Crippen molar-refractivity contribution in [3.05, 3.63) is 95.1 Å². The lowest BCUT2D eigenvalue weighted by Gasteiger charge is -2.23. The number of alkyl halides is 6. The molecule has 0 aliphatic carbocycles. The van der Waals surface area contributed by atoms with Gasteiger partial charge in [-0.25, -0.2) is 0 Å². The van der Waals surface area contributed by atoms with E-state index in [2.05, 4.69) is 10.2 Å². The molecular weight excluding hydrogens is 518 g/mol. The quantitative estimate of drug-likeness (QED) is 0.163. The second-order valence-corrected chi connectivity index (χ2v) is 9.40. The van der Waals surface area contributed by atoms with Crippen LogP contribution in [-0.2, 0) is 12.4 Å². The smallest absolute Gasteiger partial charge is 0.417 e. The van der Waals surface area contributed by atoms with Crippen molar-refractivity contribution in [1.82, 2.24) is 10.2 Å². The van der Waals surface area contributed by atoms with Crippen LogP contribution in [0.3, 0.4) is 0 Å². The molecule has 0 aliphatic rings. The lowest BCUT2D eigenvalue weighted by molar-refractivity contribution is -0.161. The Balaban J connectivity index is 1.76. The van der Waals surface area contributed by atoms with Gasteiger partial charge in [0.25, 0.3) is 0 Å². The fourth-order valence-electron chi connectivity index (χ4n) is 5.04. The summed E-state index contributed by atoms with van der Waals surface area (Å²) in [6.45, 7) is 2.71. The fraction of sp³-hybridized carbons (Fsp3) is 0.133. The third kappa shape index (κ3) is 4.09. The molecule has 2 heterocycles. The minimum Gasteiger partial charge on any atom is -0.454 e. The molecule has 6 rings (SSSR count). The SMILES string of the molecule is Cc1cc(C(F)(F)F)c(C(F)(F)F)c(-c2nnc(-c3cc4ccccc4o3)c3cc4ccccc4cc23)c1C. The van der Waals surface area contributed by atoms with Crippen molar-refractivity contribution >= 4 is 32.5 Å². The largest absolute Gasteiger partial charge is 0.454 e. The lowest BCUT2D eigenvalue weighted by atomic mass is 9.88. The second kappa shape index (κ2) is 8.56. The molecular formula is C30H18F6N2O. The maximum absolute atomic E-state index is 14.4. The fourth-order valence-corrected chi connectivity index (χ4v) is 5.04. The molecule has 0 N–H and O–H groups in total. The van der Waals surface area contributed by atoms with Crippen molar-refractivity contribution < 1.29 is 30.8 Å². The summed E-state index contributed by atoms with van der Waals surface area (Å²) in [5.74, 6) is 0.337. The van der Waals surface area contributed by atoms with Crippen LogP contribution < -0.4 is 0 Å². The molecule has 0 saturated carbocycles. The predicted octanol–water partition coefficient (Wildman–Crippen LogP) is 9.52. The molecule has 0 fully saturated rings. The van der Waals surface area contributed by atoms with E-state index >= 15 is 0 Å². The summed E-state index contributed by atoms with van der Waals surface area (Å²) in [5, 5.41) is 11.3. The molecule has 0 aliphatic heterocycles. The minimum atomic E-state index is -5.30. The van der Waals surface area contributed by atoms with Crippen LogP contribution in [0.2, 0.25) is 0 Å². The monoisotopic (exact) mass is 536 g/mol. The number of fused-ring (bicyclic) bond motifs is 3. The van der Waals surface area contributed by atoms with Crippen LogP contribution in [0.4, 0.5) is 26.3 Å². The molecule has 196 valence electrons. The normalized spacial score (nSPS) is 12.6. The first-order valence-corrected chi connectivity index (χ1v) is 11.9.